The first-order valence-corrected chi connectivity index (χ1v) is 9.00. The molecule has 3 rings (SSSR count). The molecule has 3 heterocycles. The Kier molecular flexibility index (Phi) is 4.93. The normalized spacial score (nSPS) is 11.2. The summed E-state index contributed by atoms with van der Waals surface area (Å²) in [7, 11) is 1.72. The minimum atomic E-state index is -0.299. The second-order valence-corrected chi connectivity index (χ2v) is 6.81. The number of hydrogen-bond acceptors (Lipinski definition) is 6. The smallest absolute Gasteiger partial charge is 0.264 e. The molecule has 0 radical (unpaired) electrons. The lowest BCUT2D eigenvalue weighted by atomic mass is 10.2. The molecule has 0 bridgehead atoms. The van der Waals surface area contributed by atoms with Crippen LogP contribution in [-0.2, 0) is 31.2 Å². The van der Waals surface area contributed by atoms with E-state index in [9.17, 15) is 9.59 Å². The maximum absolute atomic E-state index is 12.4. The van der Waals surface area contributed by atoms with E-state index in [1.54, 1.807) is 7.05 Å². The lowest BCUT2D eigenvalue weighted by Gasteiger charge is -2.05. The molecule has 0 aliphatic rings. The van der Waals surface area contributed by atoms with E-state index in [0.29, 0.717) is 16.2 Å². The zero-order valence-electron chi connectivity index (χ0n) is 14.4. The number of aryl methyl sites for hydroxylation is 3. The van der Waals surface area contributed by atoms with Crippen LogP contribution in [0.1, 0.15) is 30.8 Å². The molecule has 0 saturated carbocycles. The zero-order valence-corrected chi connectivity index (χ0v) is 15.3. The summed E-state index contributed by atoms with van der Waals surface area (Å²) in [6.45, 7) is 4.07. The van der Waals surface area contributed by atoms with Crippen molar-refractivity contribution >= 4 is 33.4 Å². The van der Waals surface area contributed by atoms with Gasteiger partial charge in [-0.25, -0.2) is 9.97 Å². The molecule has 0 atom stereocenters. The quantitative estimate of drug-likeness (QED) is 0.722. The van der Waals surface area contributed by atoms with E-state index in [1.807, 2.05) is 0 Å². The number of aromatic nitrogens is 5. The predicted octanol–water partition coefficient (Wildman–Crippen LogP) is 1.74. The van der Waals surface area contributed by atoms with Crippen LogP contribution in [0.15, 0.2) is 17.3 Å². The van der Waals surface area contributed by atoms with Gasteiger partial charge in [-0.2, -0.15) is 5.10 Å². The van der Waals surface area contributed by atoms with Gasteiger partial charge in [0.05, 0.1) is 11.9 Å². The summed E-state index contributed by atoms with van der Waals surface area (Å²) in [5.74, 6) is -0.299. The van der Waals surface area contributed by atoms with Gasteiger partial charge in [0.1, 0.15) is 18.3 Å². The van der Waals surface area contributed by atoms with Crippen molar-refractivity contribution in [2.75, 3.05) is 5.32 Å². The molecule has 3 aromatic rings. The topological polar surface area (TPSA) is 94.7 Å². The third-order valence-corrected chi connectivity index (χ3v) is 5.02. The highest BCUT2D eigenvalue weighted by Crippen LogP contribution is 2.24. The second-order valence-electron chi connectivity index (χ2n) is 5.72. The van der Waals surface area contributed by atoms with E-state index in [-0.39, 0.29) is 18.0 Å². The molecule has 132 valence electrons. The first kappa shape index (κ1) is 17.3. The van der Waals surface area contributed by atoms with Crippen molar-refractivity contribution in [3.8, 4) is 0 Å². The van der Waals surface area contributed by atoms with Gasteiger partial charge in [0.2, 0.25) is 5.91 Å². The fourth-order valence-electron chi connectivity index (χ4n) is 2.64. The third kappa shape index (κ3) is 3.46. The number of carbonyl (C=O) groups excluding carboxylic acids is 1. The standard InChI is InChI=1S/C16H20N6O2S/c1-4-6-11-12(5-2)25-16(19-11)20-13(23)8-22-9-17-14-10(15(22)24)7-18-21(14)3/h7,9H,4-6,8H2,1-3H3,(H,19,20,23). The molecule has 0 saturated heterocycles. The molecule has 8 nitrogen and oxygen atoms in total. The molecule has 9 heteroatoms. The Morgan fingerprint density at radius 2 is 2.16 bits per heavy atom. The maximum Gasteiger partial charge on any atom is 0.264 e. The molecule has 1 N–H and O–H groups in total. The number of amides is 1. The highest BCUT2D eigenvalue weighted by Gasteiger charge is 2.14. The Morgan fingerprint density at radius 1 is 1.36 bits per heavy atom. The summed E-state index contributed by atoms with van der Waals surface area (Å²) in [6, 6.07) is 0. The molecule has 1 amide bonds. The first-order chi connectivity index (χ1) is 12.0. The first-order valence-electron chi connectivity index (χ1n) is 8.19. The van der Waals surface area contributed by atoms with Crippen LogP contribution in [0, 0.1) is 0 Å². The van der Waals surface area contributed by atoms with Gasteiger partial charge >= 0.3 is 0 Å². The number of nitrogens with zero attached hydrogens (tertiary/aromatic N) is 5. The average Bonchev–Trinajstić information content (AvgIpc) is 3.14. The maximum atomic E-state index is 12.4. The Bertz CT molecular complexity index is 971. The van der Waals surface area contributed by atoms with Crippen LogP contribution >= 0.6 is 11.3 Å². The lowest BCUT2D eigenvalue weighted by Crippen LogP contribution is -2.27. The number of thiazole rings is 1. The van der Waals surface area contributed by atoms with Crippen molar-refractivity contribution in [3.63, 3.8) is 0 Å². The van der Waals surface area contributed by atoms with E-state index < -0.39 is 0 Å². The van der Waals surface area contributed by atoms with Crippen LogP contribution in [0.3, 0.4) is 0 Å². The fourth-order valence-corrected chi connectivity index (χ4v) is 3.60. The molecule has 0 spiro atoms. The minimum absolute atomic E-state index is 0.110. The molecule has 0 unspecified atom stereocenters. The minimum Gasteiger partial charge on any atom is -0.300 e. The van der Waals surface area contributed by atoms with Crippen LogP contribution in [0.25, 0.3) is 11.0 Å². The molecular weight excluding hydrogens is 340 g/mol. The summed E-state index contributed by atoms with van der Waals surface area (Å²) >= 11 is 1.49. The van der Waals surface area contributed by atoms with Gasteiger partial charge in [0.25, 0.3) is 5.56 Å². The Morgan fingerprint density at radius 3 is 2.88 bits per heavy atom. The van der Waals surface area contributed by atoms with Crippen LogP contribution in [-0.4, -0.2) is 30.2 Å². The Hall–Kier alpha value is -2.55. The molecule has 0 aliphatic heterocycles. The molecular formula is C16H20N6O2S. The number of hydrogen-bond donors (Lipinski definition) is 1. The summed E-state index contributed by atoms with van der Waals surface area (Å²) in [5.41, 5.74) is 1.26. The number of fused-ring (bicyclic) bond motifs is 1. The van der Waals surface area contributed by atoms with Crippen molar-refractivity contribution in [2.45, 2.75) is 39.7 Å². The summed E-state index contributed by atoms with van der Waals surface area (Å²) in [5, 5.41) is 7.77. The van der Waals surface area contributed by atoms with E-state index in [2.05, 4.69) is 34.2 Å². The predicted molar refractivity (Wildman–Crippen MR) is 96.9 cm³/mol. The third-order valence-electron chi connectivity index (χ3n) is 3.86. The summed E-state index contributed by atoms with van der Waals surface area (Å²) in [6.07, 6.45) is 5.63. The largest absolute Gasteiger partial charge is 0.300 e. The van der Waals surface area contributed by atoms with Gasteiger partial charge < -0.3 is 5.32 Å². The number of nitrogens with one attached hydrogen (secondary N) is 1. The molecule has 0 aromatic carbocycles. The lowest BCUT2D eigenvalue weighted by molar-refractivity contribution is -0.116. The summed E-state index contributed by atoms with van der Waals surface area (Å²) in [4.78, 5) is 34.6. The number of anilines is 1. The van der Waals surface area contributed by atoms with Gasteiger partial charge in [-0.1, -0.05) is 20.3 Å². The summed E-state index contributed by atoms with van der Waals surface area (Å²) < 4.78 is 2.80. The van der Waals surface area contributed by atoms with Crippen LogP contribution < -0.4 is 10.9 Å². The van der Waals surface area contributed by atoms with Crippen molar-refractivity contribution in [1.29, 1.82) is 0 Å². The average molecular weight is 360 g/mol. The van der Waals surface area contributed by atoms with Gasteiger partial charge in [0.15, 0.2) is 10.8 Å². The van der Waals surface area contributed by atoms with Crippen molar-refractivity contribution < 1.29 is 4.79 Å². The van der Waals surface area contributed by atoms with Gasteiger partial charge in [-0.3, -0.25) is 18.8 Å². The molecule has 25 heavy (non-hydrogen) atoms. The van der Waals surface area contributed by atoms with E-state index in [1.165, 1.54) is 38.0 Å². The monoisotopic (exact) mass is 360 g/mol. The second kappa shape index (κ2) is 7.14. The van der Waals surface area contributed by atoms with E-state index in [0.717, 1.165) is 25.0 Å². The molecule has 3 aromatic heterocycles. The highest BCUT2D eigenvalue weighted by molar-refractivity contribution is 7.15. The number of carbonyl (C=O) groups is 1. The Balaban J connectivity index is 1.77. The number of rotatable bonds is 6. The van der Waals surface area contributed by atoms with Gasteiger partial charge in [-0.15, -0.1) is 11.3 Å². The van der Waals surface area contributed by atoms with E-state index in [4.69, 9.17) is 0 Å². The molecule has 0 aliphatic carbocycles. The van der Waals surface area contributed by atoms with Crippen LogP contribution in [0.4, 0.5) is 5.13 Å². The van der Waals surface area contributed by atoms with Crippen LogP contribution in [0.2, 0.25) is 0 Å². The van der Waals surface area contributed by atoms with Crippen molar-refractivity contribution in [2.24, 2.45) is 7.05 Å². The SMILES string of the molecule is CCCc1nc(NC(=O)Cn2cnc3c(cnn3C)c2=O)sc1CC. The Labute approximate surface area is 148 Å². The zero-order chi connectivity index (χ0) is 18.0. The fraction of sp³-hybridized carbons (Fsp3) is 0.438. The van der Waals surface area contributed by atoms with E-state index >= 15 is 0 Å². The van der Waals surface area contributed by atoms with Crippen molar-refractivity contribution in [3.05, 3.63) is 33.4 Å². The molecule has 0 fully saturated rings. The van der Waals surface area contributed by atoms with Gasteiger partial charge in [0, 0.05) is 11.9 Å². The van der Waals surface area contributed by atoms with Gasteiger partial charge in [-0.05, 0) is 12.8 Å². The van der Waals surface area contributed by atoms with Crippen LogP contribution in [0.5, 0.6) is 0 Å². The van der Waals surface area contributed by atoms with Crippen molar-refractivity contribution in [1.82, 2.24) is 24.3 Å². The highest BCUT2D eigenvalue weighted by atomic mass is 32.1.